The Balaban J connectivity index is 2.55. The van der Waals surface area contributed by atoms with Crippen LogP contribution >= 0.6 is 0 Å². The zero-order chi connectivity index (χ0) is 10.4. The molecule has 14 heavy (non-hydrogen) atoms. The SMILES string of the molecule is CC(=O)ON=C1CCCCC(C#N)C1. The predicted octanol–water partition coefficient (Wildman–Crippen LogP) is 2.01. The summed E-state index contributed by atoms with van der Waals surface area (Å²) >= 11 is 0. The molecule has 1 rings (SSSR count). The summed E-state index contributed by atoms with van der Waals surface area (Å²) in [5.74, 6) is -0.373. The highest BCUT2D eigenvalue weighted by atomic mass is 16.7. The fraction of sp³-hybridized carbons (Fsp3) is 0.700. The highest BCUT2D eigenvalue weighted by molar-refractivity contribution is 5.85. The zero-order valence-electron chi connectivity index (χ0n) is 8.32. The first kappa shape index (κ1) is 10.7. The summed E-state index contributed by atoms with van der Waals surface area (Å²) in [5.41, 5.74) is 0.837. The second-order valence-corrected chi connectivity index (χ2v) is 3.52. The summed E-state index contributed by atoms with van der Waals surface area (Å²) in [5, 5.41) is 12.6. The van der Waals surface area contributed by atoms with E-state index in [4.69, 9.17) is 5.26 Å². The van der Waals surface area contributed by atoms with E-state index in [1.165, 1.54) is 6.92 Å². The monoisotopic (exact) mass is 194 g/mol. The number of hydrogen-bond donors (Lipinski definition) is 0. The van der Waals surface area contributed by atoms with Crippen molar-refractivity contribution >= 4 is 11.7 Å². The van der Waals surface area contributed by atoms with E-state index < -0.39 is 5.97 Å². The minimum absolute atomic E-state index is 0.0341. The fourth-order valence-electron chi connectivity index (χ4n) is 1.53. The lowest BCUT2D eigenvalue weighted by molar-refractivity contribution is -0.140. The molecular formula is C10H14N2O2. The van der Waals surface area contributed by atoms with Crippen LogP contribution in [0, 0.1) is 17.2 Å². The van der Waals surface area contributed by atoms with Crippen LogP contribution in [0.2, 0.25) is 0 Å². The molecule has 0 bridgehead atoms. The molecule has 0 aliphatic heterocycles. The Labute approximate surface area is 83.5 Å². The molecule has 1 aliphatic carbocycles. The van der Waals surface area contributed by atoms with E-state index in [1.54, 1.807) is 0 Å². The summed E-state index contributed by atoms with van der Waals surface area (Å²) in [6, 6.07) is 2.24. The maximum Gasteiger partial charge on any atom is 0.331 e. The van der Waals surface area contributed by atoms with Gasteiger partial charge in [-0.2, -0.15) is 5.26 Å². The second kappa shape index (κ2) is 5.38. The number of rotatable bonds is 1. The average Bonchev–Trinajstić information content (AvgIpc) is 2.39. The van der Waals surface area contributed by atoms with E-state index >= 15 is 0 Å². The Morgan fingerprint density at radius 1 is 1.64 bits per heavy atom. The number of oxime groups is 1. The fourth-order valence-corrected chi connectivity index (χ4v) is 1.53. The van der Waals surface area contributed by atoms with Gasteiger partial charge in [0, 0.05) is 13.3 Å². The zero-order valence-corrected chi connectivity index (χ0v) is 8.32. The van der Waals surface area contributed by atoms with Gasteiger partial charge in [-0.25, -0.2) is 4.79 Å². The quantitative estimate of drug-likeness (QED) is 0.364. The molecule has 4 heteroatoms. The van der Waals surface area contributed by atoms with Crippen molar-refractivity contribution in [1.82, 2.24) is 0 Å². The van der Waals surface area contributed by atoms with Crippen LogP contribution < -0.4 is 0 Å². The van der Waals surface area contributed by atoms with Gasteiger partial charge in [0.25, 0.3) is 0 Å². The van der Waals surface area contributed by atoms with Gasteiger partial charge in [0.15, 0.2) is 0 Å². The first-order valence-corrected chi connectivity index (χ1v) is 4.85. The Morgan fingerprint density at radius 2 is 2.43 bits per heavy atom. The smallest absolute Gasteiger partial charge is 0.319 e. The Kier molecular flexibility index (Phi) is 4.11. The van der Waals surface area contributed by atoms with E-state index in [2.05, 4.69) is 16.1 Å². The minimum atomic E-state index is -0.407. The van der Waals surface area contributed by atoms with Crippen molar-refractivity contribution in [3.05, 3.63) is 0 Å². The molecule has 0 aromatic rings. The molecule has 1 saturated carbocycles. The molecule has 1 atom stereocenters. The van der Waals surface area contributed by atoms with Gasteiger partial charge < -0.3 is 4.84 Å². The molecule has 0 radical (unpaired) electrons. The van der Waals surface area contributed by atoms with Crippen LogP contribution in [0.3, 0.4) is 0 Å². The third-order valence-corrected chi connectivity index (χ3v) is 2.24. The van der Waals surface area contributed by atoms with Gasteiger partial charge in [0.1, 0.15) is 0 Å². The molecule has 1 fully saturated rings. The highest BCUT2D eigenvalue weighted by Gasteiger charge is 2.16. The summed E-state index contributed by atoms with van der Waals surface area (Å²) in [6.45, 7) is 1.32. The number of hydrogen-bond acceptors (Lipinski definition) is 4. The van der Waals surface area contributed by atoms with Crippen LogP contribution in [0.5, 0.6) is 0 Å². The van der Waals surface area contributed by atoms with Crippen LogP contribution in [0.4, 0.5) is 0 Å². The van der Waals surface area contributed by atoms with Crippen LogP contribution in [0.1, 0.15) is 39.0 Å². The lowest BCUT2D eigenvalue weighted by Crippen LogP contribution is -2.05. The molecule has 0 spiro atoms. The van der Waals surface area contributed by atoms with Gasteiger partial charge in [0.2, 0.25) is 0 Å². The first-order valence-electron chi connectivity index (χ1n) is 4.85. The number of carbonyl (C=O) groups excluding carboxylic acids is 1. The average molecular weight is 194 g/mol. The van der Waals surface area contributed by atoms with Crippen molar-refractivity contribution in [2.75, 3.05) is 0 Å². The van der Waals surface area contributed by atoms with Gasteiger partial charge in [0.05, 0.1) is 17.7 Å². The van der Waals surface area contributed by atoms with E-state index in [9.17, 15) is 4.79 Å². The predicted molar refractivity (Wildman–Crippen MR) is 51.4 cm³/mol. The topological polar surface area (TPSA) is 62.4 Å². The van der Waals surface area contributed by atoms with E-state index in [1.807, 2.05) is 0 Å². The van der Waals surface area contributed by atoms with Crippen molar-refractivity contribution in [2.24, 2.45) is 11.1 Å². The molecule has 1 aliphatic rings. The van der Waals surface area contributed by atoms with Gasteiger partial charge >= 0.3 is 5.97 Å². The molecule has 0 aromatic heterocycles. The van der Waals surface area contributed by atoms with Crippen LogP contribution in [0.25, 0.3) is 0 Å². The minimum Gasteiger partial charge on any atom is -0.319 e. The summed E-state index contributed by atoms with van der Waals surface area (Å²) in [6.07, 6.45) is 4.49. The lowest BCUT2D eigenvalue weighted by atomic mass is 10.0. The normalized spacial score (nSPS) is 25.1. The third-order valence-electron chi connectivity index (χ3n) is 2.24. The molecule has 4 nitrogen and oxygen atoms in total. The molecule has 0 heterocycles. The van der Waals surface area contributed by atoms with Gasteiger partial charge in [-0.1, -0.05) is 11.6 Å². The summed E-state index contributed by atoms with van der Waals surface area (Å²) in [7, 11) is 0. The number of nitrogens with zero attached hydrogens (tertiary/aromatic N) is 2. The first-order chi connectivity index (χ1) is 6.72. The van der Waals surface area contributed by atoms with Gasteiger partial charge in [-0.05, 0) is 19.3 Å². The Morgan fingerprint density at radius 3 is 3.07 bits per heavy atom. The van der Waals surface area contributed by atoms with E-state index in [0.717, 1.165) is 31.4 Å². The summed E-state index contributed by atoms with van der Waals surface area (Å²) < 4.78 is 0. The van der Waals surface area contributed by atoms with Crippen molar-refractivity contribution < 1.29 is 9.63 Å². The van der Waals surface area contributed by atoms with Crippen LogP contribution in [0.15, 0.2) is 5.16 Å². The van der Waals surface area contributed by atoms with Crippen molar-refractivity contribution in [1.29, 1.82) is 5.26 Å². The third kappa shape index (κ3) is 3.56. The second-order valence-electron chi connectivity index (χ2n) is 3.52. The summed E-state index contributed by atoms with van der Waals surface area (Å²) in [4.78, 5) is 15.1. The van der Waals surface area contributed by atoms with Gasteiger partial charge in [-0.15, -0.1) is 0 Å². The standard InChI is InChI=1S/C10H14N2O2/c1-8(13)14-12-10-5-3-2-4-9(6-10)7-11/h9H,2-6H2,1H3. The maximum atomic E-state index is 10.5. The lowest BCUT2D eigenvalue weighted by Gasteiger charge is -2.03. The molecule has 0 saturated heterocycles. The molecule has 76 valence electrons. The van der Waals surface area contributed by atoms with Crippen LogP contribution in [-0.2, 0) is 9.63 Å². The van der Waals surface area contributed by atoms with Crippen molar-refractivity contribution in [2.45, 2.75) is 39.0 Å². The largest absolute Gasteiger partial charge is 0.331 e. The molecule has 1 unspecified atom stereocenters. The highest BCUT2D eigenvalue weighted by Crippen LogP contribution is 2.20. The maximum absolute atomic E-state index is 10.5. The van der Waals surface area contributed by atoms with E-state index in [0.29, 0.717) is 6.42 Å². The Hall–Kier alpha value is -1.37. The molecular weight excluding hydrogens is 180 g/mol. The van der Waals surface area contributed by atoms with Crippen molar-refractivity contribution in [3.8, 4) is 6.07 Å². The van der Waals surface area contributed by atoms with Crippen molar-refractivity contribution in [3.63, 3.8) is 0 Å². The van der Waals surface area contributed by atoms with E-state index in [-0.39, 0.29) is 5.92 Å². The molecule has 0 aromatic carbocycles. The van der Waals surface area contributed by atoms with Crippen LogP contribution in [-0.4, -0.2) is 11.7 Å². The molecule has 0 N–H and O–H groups in total. The van der Waals surface area contributed by atoms with Gasteiger partial charge in [-0.3, -0.25) is 0 Å². The number of carbonyl (C=O) groups is 1. The Bertz CT molecular complexity index is 278. The molecule has 0 amide bonds. The number of nitriles is 1.